The zero-order valence-corrected chi connectivity index (χ0v) is 24.2. The summed E-state index contributed by atoms with van der Waals surface area (Å²) in [5.41, 5.74) is 7.17. The van der Waals surface area contributed by atoms with E-state index in [0.29, 0.717) is 11.2 Å². The van der Waals surface area contributed by atoms with E-state index in [1.165, 1.54) is 28.1 Å². The molecule has 10 atom stereocenters. The molecule has 3 aliphatic rings. The Morgan fingerprint density at radius 1 is 0.864 bits per heavy atom. The first kappa shape index (κ1) is 29.7. The molecule has 0 aliphatic carbocycles. The summed E-state index contributed by atoms with van der Waals surface area (Å²) in [6.45, 7) is 0.0915. The van der Waals surface area contributed by atoms with Crippen LogP contribution in [0.1, 0.15) is 18.1 Å². The lowest BCUT2D eigenvalue weighted by Crippen LogP contribution is -2.37. The number of hydrogen-bond donors (Lipinski definition) is 2. The number of anilines is 1. The normalized spacial score (nSPS) is 38.3. The average Bonchev–Trinajstić information content (AvgIpc) is 3.73. The Balaban J connectivity index is 1.17. The van der Waals surface area contributed by atoms with Gasteiger partial charge in [-0.1, -0.05) is 0 Å². The van der Waals surface area contributed by atoms with Crippen molar-refractivity contribution in [1.82, 2.24) is 39.0 Å². The predicted molar refractivity (Wildman–Crippen MR) is 142 cm³/mol. The first-order valence-electron chi connectivity index (χ1n) is 13.0. The Labute approximate surface area is 246 Å². The van der Waals surface area contributed by atoms with Crippen LogP contribution in [-0.4, -0.2) is 101 Å². The molecule has 3 N–H and O–H groups in total. The topological polar surface area (TPSA) is 223 Å². The van der Waals surface area contributed by atoms with E-state index in [1.54, 1.807) is 6.92 Å². The van der Waals surface area contributed by atoms with Crippen molar-refractivity contribution in [3.05, 3.63) is 31.0 Å². The van der Waals surface area contributed by atoms with Gasteiger partial charge in [-0.3, -0.25) is 22.7 Å². The molecule has 3 saturated heterocycles. The third kappa shape index (κ3) is 5.11. The lowest BCUT2D eigenvalue weighted by atomic mass is 10.1. The molecule has 7 rings (SSSR count). The van der Waals surface area contributed by atoms with E-state index >= 15 is 8.78 Å². The maximum Gasteiger partial charge on any atom is 0.472 e. The minimum absolute atomic E-state index is 0.0252. The van der Waals surface area contributed by atoms with Gasteiger partial charge in [-0.25, -0.2) is 43.2 Å². The van der Waals surface area contributed by atoms with Crippen molar-refractivity contribution in [2.24, 2.45) is 0 Å². The zero-order chi connectivity index (χ0) is 31.0. The monoisotopic (exact) mass is 655 g/mol. The van der Waals surface area contributed by atoms with E-state index in [-0.39, 0.29) is 22.6 Å². The summed E-state index contributed by atoms with van der Waals surface area (Å²) in [6.07, 6.45) is -8.85. The van der Waals surface area contributed by atoms with Gasteiger partial charge in [-0.05, 0) is 6.92 Å². The van der Waals surface area contributed by atoms with Gasteiger partial charge in [0.2, 0.25) is 7.57 Å². The number of rotatable bonds is 2. The molecule has 0 amide bonds. The summed E-state index contributed by atoms with van der Waals surface area (Å²) in [7, 11) is -3.87. The number of phosphoric ester groups is 1. The summed E-state index contributed by atoms with van der Waals surface area (Å²) >= 11 is 0. The van der Waals surface area contributed by atoms with Gasteiger partial charge < -0.3 is 29.1 Å². The highest BCUT2D eigenvalue weighted by Crippen LogP contribution is 2.54. The summed E-state index contributed by atoms with van der Waals surface area (Å²) < 4.78 is 92.9. The number of nitrogen functional groups attached to an aromatic ring is 1. The maximum atomic E-state index is 15.9. The number of hydrogen-bond acceptors (Lipinski definition) is 15. The highest BCUT2D eigenvalue weighted by molar-refractivity contribution is 7.79. The number of fused-ring (bicyclic) bond motifs is 4. The Hall–Kier alpha value is -3.00. The van der Waals surface area contributed by atoms with Gasteiger partial charge in [-0.2, -0.15) is 0 Å². The molecule has 232 valence electrons. The Morgan fingerprint density at radius 3 is 2.07 bits per heavy atom. The smallest absolute Gasteiger partial charge is 0.382 e. The summed E-state index contributed by atoms with van der Waals surface area (Å²) in [5, 5.41) is 0. The summed E-state index contributed by atoms with van der Waals surface area (Å²) in [6, 6.07) is 0. The average molecular weight is 655 g/mol. The molecule has 2 unspecified atom stereocenters. The van der Waals surface area contributed by atoms with Crippen LogP contribution in [0.4, 0.5) is 14.6 Å². The van der Waals surface area contributed by atoms with Crippen LogP contribution in [0.5, 0.6) is 0 Å². The van der Waals surface area contributed by atoms with E-state index in [0.717, 1.165) is 6.33 Å². The largest absolute Gasteiger partial charge is 0.472 e. The number of nitrogens with two attached hydrogens (primary N) is 1. The van der Waals surface area contributed by atoms with Crippen molar-refractivity contribution in [1.29, 1.82) is 0 Å². The minimum Gasteiger partial charge on any atom is -0.382 e. The molecule has 23 heteroatoms. The Kier molecular flexibility index (Phi) is 7.30. The van der Waals surface area contributed by atoms with Gasteiger partial charge in [0.15, 0.2) is 41.9 Å². The molecular weight excluding hydrogens is 633 g/mol. The van der Waals surface area contributed by atoms with Crippen LogP contribution in [0, 0.1) is 6.92 Å². The second-order valence-corrected chi connectivity index (χ2v) is 13.1. The molecule has 0 saturated carbocycles. The Bertz CT molecular complexity index is 1710. The maximum absolute atomic E-state index is 15.9. The predicted octanol–water partition coefficient (Wildman–Crippen LogP) is 1.22. The van der Waals surface area contributed by atoms with Crippen molar-refractivity contribution < 1.29 is 50.4 Å². The van der Waals surface area contributed by atoms with E-state index < -0.39 is 77.7 Å². The number of nitrogens with zero attached hydrogens (tertiary/aromatic N) is 8. The lowest BCUT2D eigenvalue weighted by Gasteiger charge is -2.28. The van der Waals surface area contributed by atoms with Crippen LogP contribution in [0.15, 0.2) is 25.3 Å². The van der Waals surface area contributed by atoms with Crippen molar-refractivity contribution in [2.75, 3.05) is 18.9 Å². The second kappa shape index (κ2) is 10.8. The SMILES string of the molecule is [B]P1(=O)OC[C@H]2O[C@@H](n3cnc4c(C)ncnc43)[C@H](F)[C@@H]2OP(=O)(O)OC[C@H]2O[C@@H](n3cnc4c(N)ncnc43)[C@H](F)[C@@H]2O1. The standard InChI is InChI=1S/C21H22BF2N9O9P2/c1-8-13-18(28-4-26-8)32(6-30-13)21-12(24)16-9(39-21)2-37-43(22,34)41-15-10(3-38-44(35,36)42-16)40-20(11(15)23)33-7-31-14-17(25)27-5-29-19(14)33/h4-7,9-12,15-16,20-21H,2-3H2,1H3,(H,35,36)(H2,25,27,29)/t9-,10-,11-,12-,15-,16-,20-,21-,43?/m1/s1. The highest BCUT2D eigenvalue weighted by Gasteiger charge is 2.54. The molecule has 18 nitrogen and oxygen atoms in total. The fourth-order valence-electron chi connectivity index (χ4n) is 5.30. The van der Waals surface area contributed by atoms with Crippen LogP contribution in [-0.2, 0) is 36.7 Å². The number of alkyl halides is 2. The Morgan fingerprint density at radius 2 is 1.41 bits per heavy atom. The molecule has 2 radical (unpaired) electrons. The van der Waals surface area contributed by atoms with Crippen molar-refractivity contribution >= 4 is 51.0 Å². The molecule has 3 fully saturated rings. The molecular formula is C21H22BF2N9O9P2. The third-order valence-corrected chi connectivity index (χ3v) is 9.39. The lowest BCUT2D eigenvalue weighted by molar-refractivity contribution is -0.0607. The minimum atomic E-state index is -5.07. The summed E-state index contributed by atoms with van der Waals surface area (Å²) in [4.78, 5) is 34.8. The third-order valence-electron chi connectivity index (χ3n) is 7.36. The van der Waals surface area contributed by atoms with E-state index in [2.05, 4.69) is 29.9 Å². The molecule has 4 aromatic rings. The van der Waals surface area contributed by atoms with E-state index in [1.807, 2.05) is 0 Å². The van der Waals surface area contributed by atoms with Gasteiger partial charge >= 0.3 is 7.82 Å². The number of aryl methyl sites for hydroxylation is 1. The number of phosphoric acid groups is 1. The quantitative estimate of drug-likeness (QED) is 0.229. The number of ether oxygens (including phenoxy) is 2. The van der Waals surface area contributed by atoms with Crippen molar-refractivity contribution in [3.8, 4) is 0 Å². The van der Waals surface area contributed by atoms with Crippen molar-refractivity contribution in [3.63, 3.8) is 0 Å². The van der Waals surface area contributed by atoms with Crippen LogP contribution >= 0.6 is 15.3 Å². The van der Waals surface area contributed by atoms with Crippen molar-refractivity contribution in [2.45, 2.75) is 56.1 Å². The first-order valence-corrected chi connectivity index (χ1v) is 16.1. The zero-order valence-electron chi connectivity index (χ0n) is 22.4. The van der Waals surface area contributed by atoms with Gasteiger partial charge in [0.1, 0.15) is 48.1 Å². The van der Waals surface area contributed by atoms with Gasteiger partial charge in [-0.15, -0.1) is 0 Å². The molecule has 7 heterocycles. The van der Waals surface area contributed by atoms with Crippen LogP contribution < -0.4 is 5.73 Å². The molecule has 4 aromatic heterocycles. The van der Waals surface area contributed by atoms with Gasteiger partial charge in [0.05, 0.1) is 31.6 Å². The fourth-order valence-corrected chi connectivity index (χ4v) is 7.26. The highest BCUT2D eigenvalue weighted by atomic mass is 31.2. The molecule has 0 spiro atoms. The molecule has 44 heavy (non-hydrogen) atoms. The van der Waals surface area contributed by atoms with E-state index in [9.17, 15) is 14.0 Å². The fraction of sp³-hybridized carbons (Fsp3) is 0.524. The molecule has 0 bridgehead atoms. The number of imidazole rings is 2. The number of halogens is 2. The molecule has 0 aromatic carbocycles. The van der Waals surface area contributed by atoms with Gasteiger partial charge in [0, 0.05) is 0 Å². The van der Waals surface area contributed by atoms with E-state index in [4.69, 9.17) is 40.9 Å². The summed E-state index contributed by atoms with van der Waals surface area (Å²) in [5.74, 6) is 0.0252. The van der Waals surface area contributed by atoms with Crippen LogP contribution in [0.25, 0.3) is 22.3 Å². The van der Waals surface area contributed by atoms with Crippen LogP contribution in [0.2, 0.25) is 0 Å². The van der Waals surface area contributed by atoms with Gasteiger partial charge in [0.25, 0.3) is 7.47 Å². The first-order chi connectivity index (χ1) is 20.9. The molecule has 3 aliphatic heterocycles. The van der Waals surface area contributed by atoms with Crippen LogP contribution in [0.3, 0.4) is 0 Å². The second-order valence-electron chi connectivity index (χ2n) is 10.1. The number of aromatic nitrogens is 8.